The van der Waals surface area contributed by atoms with E-state index in [0.29, 0.717) is 11.3 Å². The van der Waals surface area contributed by atoms with E-state index in [9.17, 15) is 4.39 Å². The van der Waals surface area contributed by atoms with E-state index in [2.05, 4.69) is 45.7 Å². The van der Waals surface area contributed by atoms with Gasteiger partial charge in [0, 0.05) is 18.6 Å². The molecule has 4 aromatic rings. The van der Waals surface area contributed by atoms with Gasteiger partial charge in [-0.1, -0.05) is 42.3 Å². The van der Waals surface area contributed by atoms with Gasteiger partial charge in [-0.05, 0) is 47.7 Å². The molecule has 6 rings (SSSR count). The van der Waals surface area contributed by atoms with Gasteiger partial charge in [0.15, 0.2) is 0 Å². The number of aromatic nitrogens is 1. The summed E-state index contributed by atoms with van der Waals surface area (Å²) in [7, 11) is 0. The summed E-state index contributed by atoms with van der Waals surface area (Å²) in [6.45, 7) is 3.09. The third-order valence-electron chi connectivity index (χ3n) is 5.94. The minimum absolute atomic E-state index is 0. The summed E-state index contributed by atoms with van der Waals surface area (Å²) in [5.41, 5.74) is 6.75. The zero-order valence-electron chi connectivity index (χ0n) is 18.7. The first-order chi connectivity index (χ1) is 16.2. The number of hydrogen-bond acceptors (Lipinski definition) is 2. The summed E-state index contributed by atoms with van der Waals surface area (Å²) in [5, 5.41) is 4.41. The van der Waals surface area contributed by atoms with Crippen molar-refractivity contribution in [3.63, 3.8) is 0 Å². The van der Waals surface area contributed by atoms with Gasteiger partial charge in [-0.25, -0.2) is 0 Å². The van der Waals surface area contributed by atoms with Crippen LogP contribution in [0, 0.1) is 24.9 Å². The maximum absolute atomic E-state index is 14.0. The van der Waals surface area contributed by atoms with Crippen molar-refractivity contribution in [2.24, 2.45) is 0 Å². The van der Waals surface area contributed by atoms with Gasteiger partial charge >= 0.3 is 20.1 Å². The second-order valence-electron chi connectivity index (χ2n) is 8.03. The van der Waals surface area contributed by atoms with Crippen LogP contribution >= 0.6 is 0 Å². The molecule has 1 atom stereocenters. The van der Waals surface area contributed by atoms with E-state index in [1.54, 1.807) is 18.3 Å². The number of pyridine rings is 1. The predicted molar refractivity (Wildman–Crippen MR) is 130 cm³/mol. The Bertz CT molecular complexity index is 1290. The van der Waals surface area contributed by atoms with Crippen LogP contribution in [0.2, 0.25) is 0 Å². The molecule has 0 saturated carbocycles. The van der Waals surface area contributed by atoms with Crippen molar-refractivity contribution >= 4 is 0 Å². The second kappa shape index (κ2) is 10.8. The Kier molecular flexibility index (Phi) is 7.56. The largest absolute Gasteiger partial charge is 3.00 e. The van der Waals surface area contributed by atoms with E-state index >= 15 is 0 Å². The van der Waals surface area contributed by atoms with Gasteiger partial charge in [-0.3, -0.25) is 4.39 Å². The Hall–Kier alpha value is -3.27. The summed E-state index contributed by atoms with van der Waals surface area (Å²) in [5.74, 6) is -0.303. The second-order valence-corrected chi connectivity index (χ2v) is 8.03. The molecular weight excluding hydrogens is 602 g/mol. The summed E-state index contributed by atoms with van der Waals surface area (Å²) < 4.78 is 14.0. The van der Waals surface area contributed by atoms with Gasteiger partial charge in [-0.15, -0.1) is 24.3 Å². The number of nitrogens with zero attached hydrogens (tertiary/aromatic N) is 3. The van der Waals surface area contributed by atoms with Crippen LogP contribution in [-0.4, -0.2) is 16.4 Å². The predicted octanol–water partition coefficient (Wildman–Crippen LogP) is 6.86. The molecule has 1 unspecified atom stereocenters. The maximum atomic E-state index is 14.0. The monoisotopic (exact) mass is 625 g/mol. The van der Waals surface area contributed by atoms with Gasteiger partial charge in [-0.2, -0.15) is 41.6 Å². The molecule has 0 radical (unpaired) electrons. The normalized spacial score (nSPS) is 15.2. The minimum Gasteiger partial charge on any atom is -0.668 e. The fourth-order valence-electron chi connectivity index (χ4n) is 4.32. The zero-order chi connectivity index (χ0) is 22.6. The summed E-state index contributed by atoms with van der Waals surface area (Å²) in [6.07, 6.45) is 6.99. The molecule has 2 aliphatic heterocycles. The fraction of sp³-hybridized carbons (Fsp3) is 0.138. The van der Waals surface area contributed by atoms with Crippen molar-refractivity contribution in [2.45, 2.75) is 19.5 Å². The number of rotatable bonds is 2. The average molecular weight is 625 g/mol. The maximum Gasteiger partial charge on any atom is 3.00 e. The Morgan fingerprint density at radius 2 is 1.79 bits per heavy atom. The van der Waals surface area contributed by atoms with Crippen LogP contribution in [0.5, 0.6) is 0 Å². The number of fused-ring (bicyclic) bond motifs is 3. The van der Waals surface area contributed by atoms with Crippen LogP contribution in [0.3, 0.4) is 0 Å². The molecule has 0 aliphatic carbocycles. The molecule has 0 bridgehead atoms. The molecule has 3 aromatic carbocycles. The van der Waals surface area contributed by atoms with Crippen LogP contribution in [0.4, 0.5) is 4.39 Å². The smallest absolute Gasteiger partial charge is 0.668 e. The number of benzene rings is 3. The Labute approximate surface area is 213 Å². The third-order valence-corrected chi connectivity index (χ3v) is 5.94. The molecule has 34 heavy (non-hydrogen) atoms. The van der Waals surface area contributed by atoms with Gasteiger partial charge in [0.25, 0.3) is 0 Å². The van der Waals surface area contributed by atoms with Crippen LogP contribution in [0.25, 0.3) is 27.7 Å². The summed E-state index contributed by atoms with van der Waals surface area (Å²) in [6, 6.07) is 29.1. The zero-order valence-corrected chi connectivity index (χ0v) is 21.1. The van der Waals surface area contributed by atoms with Gasteiger partial charge in [0.2, 0.25) is 0 Å². The van der Waals surface area contributed by atoms with Crippen molar-refractivity contribution in [2.75, 3.05) is 6.54 Å². The van der Waals surface area contributed by atoms with Crippen LogP contribution in [0.15, 0.2) is 91.4 Å². The standard InChI is InChI=1S/C18H13FN.C11H10N2.Ir/c1-13-11-12-20-18(15-9-5-6-10-16(15)19)17(13)14-7-3-2-4-8-14;1-2-4-10-9(3-1)5-7-13-8-6-12-11(10)13;/h2-8,10-12H,1H3;1-3,6,8,11H,5,7H2;/q-1;-2;+3. The van der Waals surface area contributed by atoms with Gasteiger partial charge in [0.05, 0.1) is 0 Å². The van der Waals surface area contributed by atoms with E-state index in [1.807, 2.05) is 55.6 Å². The van der Waals surface area contributed by atoms with Crippen molar-refractivity contribution in [3.05, 3.63) is 131 Å². The fourth-order valence-corrected chi connectivity index (χ4v) is 4.32. The van der Waals surface area contributed by atoms with Crippen molar-refractivity contribution in [1.29, 1.82) is 0 Å². The quantitative estimate of drug-likeness (QED) is 0.228. The first kappa shape index (κ1) is 23.9. The molecule has 0 spiro atoms. The molecule has 3 nitrogen and oxygen atoms in total. The molecule has 1 aromatic heterocycles. The minimum atomic E-state index is -0.303. The molecular formula is C29H23FIrN3. The van der Waals surface area contributed by atoms with Gasteiger partial charge in [0.1, 0.15) is 0 Å². The first-order valence-electron chi connectivity index (χ1n) is 11.0. The third kappa shape index (κ3) is 4.82. The molecule has 170 valence electrons. The molecule has 0 fully saturated rings. The van der Waals surface area contributed by atoms with Crippen LogP contribution < -0.4 is 0 Å². The van der Waals surface area contributed by atoms with Crippen molar-refractivity contribution in [3.8, 4) is 22.4 Å². The molecule has 0 amide bonds. The summed E-state index contributed by atoms with van der Waals surface area (Å²) >= 11 is 0. The topological polar surface area (TPSA) is 30.2 Å². The number of aryl methyl sites for hydroxylation is 1. The van der Waals surface area contributed by atoms with E-state index in [4.69, 9.17) is 0 Å². The molecule has 3 heterocycles. The Morgan fingerprint density at radius 1 is 1.00 bits per heavy atom. The van der Waals surface area contributed by atoms with Crippen molar-refractivity contribution < 1.29 is 24.5 Å². The first-order valence-corrected chi connectivity index (χ1v) is 11.0. The molecule has 2 aliphatic rings. The average Bonchev–Trinajstić information content (AvgIpc) is 3.35. The summed E-state index contributed by atoms with van der Waals surface area (Å²) in [4.78, 5) is 6.64. The van der Waals surface area contributed by atoms with E-state index < -0.39 is 0 Å². The van der Waals surface area contributed by atoms with Gasteiger partial charge < -0.3 is 15.2 Å². The number of hydrogen-bond donors (Lipinski definition) is 0. The van der Waals surface area contributed by atoms with Crippen LogP contribution in [-0.2, 0) is 26.5 Å². The Balaban J connectivity index is 0.000000169. The molecule has 5 heteroatoms. The SMILES string of the molecule is Cc1ccnc(-c2[c-]cccc2F)c1-c1ccccc1.[Ir+3].[c-]1cccc2c1C1[N-]C=CN1CC2. The number of halogens is 1. The Morgan fingerprint density at radius 3 is 2.62 bits per heavy atom. The van der Waals surface area contributed by atoms with E-state index in [0.717, 1.165) is 29.7 Å². The molecule has 0 N–H and O–H groups in total. The van der Waals surface area contributed by atoms with E-state index in [-0.39, 0.29) is 32.1 Å². The van der Waals surface area contributed by atoms with Crippen molar-refractivity contribution in [1.82, 2.24) is 9.88 Å². The van der Waals surface area contributed by atoms with E-state index in [1.165, 1.54) is 17.2 Å². The molecule has 0 saturated heterocycles. The van der Waals surface area contributed by atoms with Crippen LogP contribution in [0.1, 0.15) is 22.9 Å².